The average Bonchev–Trinajstić information content (AvgIpc) is 2.79. The maximum absolute atomic E-state index is 13.0. The van der Waals surface area contributed by atoms with Crippen molar-refractivity contribution in [3.63, 3.8) is 0 Å². The first-order valence-electron chi connectivity index (χ1n) is 10.6. The molecule has 1 amide bonds. The minimum absolute atomic E-state index is 0.0250. The third-order valence-corrected chi connectivity index (χ3v) is 5.94. The fourth-order valence-electron chi connectivity index (χ4n) is 4.23. The maximum Gasteiger partial charge on any atom is 0.252 e. The van der Waals surface area contributed by atoms with E-state index in [0.29, 0.717) is 5.92 Å². The lowest BCUT2D eigenvalue weighted by atomic mass is 9.86. The van der Waals surface area contributed by atoms with Crippen LogP contribution in [0.1, 0.15) is 46.1 Å². The quantitative estimate of drug-likeness (QED) is 0.675. The fourth-order valence-corrected chi connectivity index (χ4v) is 4.23. The Morgan fingerprint density at radius 2 is 1.77 bits per heavy atom. The molecule has 1 atom stereocenters. The molecular formula is C25H28N4O. The number of rotatable bonds is 6. The standard InChI is InChI=1S/C25H28N4O/c1-19-6-2-3-7-22(19)25(30)28-24(23-8-4-5-13-27-23)21-11-16-29(17-12-21)18-20-9-14-26-15-10-20/h2-10,13-15,21,24H,11-12,16-18H2,1H3,(H,28,30)/t24-/m1/s1. The molecule has 1 aliphatic rings. The molecule has 1 aliphatic heterocycles. The predicted molar refractivity (Wildman–Crippen MR) is 118 cm³/mol. The number of benzene rings is 1. The van der Waals surface area contributed by atoms with E-state index < -0.39 is 0 Å². The van der Waals surface area contributed by atoms with Crippen molar-refractivity contribution in [2.45, 2.75) is 32.4 Å². The lowest BCUT2D eigenvalue weighted by Gasteiger charge is -2.36. The van der Waals surface area contributed by atoms with Gasteiger partial charge in [-0.3, -0.25) is 19.7 Å². The van der Waals surface area contributed by atoms with Crippen molar-refractivity contribution in [1.82, 2.24) is 20.2 Å². The van der Waals surface area contributed by atoms with Gasteiger partial charge in [-0.1, -0.05) is 24.3 Å². The number of aryl methyl sites for hydroxylation is 1. The summed E-state index contributed by atoms with van der Waals surface area (Å²) in [6.45, 7) is 4.94. The minimum atomic E-state index is -0.0821. The number of carbonyl (C=O) groups is 1. The Kier molecular flexibility index (Phi) is 6.50. The average molecular weight is 401 g/mol. The molecule has 0 radical (unpaired) electrons. The molecule has 3 aromatic rings. The van der Waals surface area contributed by atoms with Gasteiger partial charge in [-0.15, -0.1) is 0 Å². The normalized spacial score (nSPS) is 16.2. The van der Waals surface area contributed by atoms with E-state index in [2.05, 4.69) is 32.3 Å². The van der Waals surface area contributed by atoms with Gasteiger partial charge in [0.05, 0.1) is 11.7 Å². The molecule has 1 aromatic carbocycles. The van der Waals surface area contributed by atoms with Crippen LogP contribution >= 0.6 is 0 Å². The molecule has 0 bridgehead atoms. The van der Waals surface area contributed by atoms with Gasteiger partial charge >= 0.3 is 0 Å². The van der Waals surface area contributed by atoms with Crippen molar-refractivity contribution in [3.05, 3.63) is 95.6 Å². The molecule has 1 fully saturated rings. The number of hydrogen-bond donors (Lipinski definition) is 1. The van der Waals surface area contributed by atoms with Crippen LogP contribution in [0, 0.1) is 12.8 Å². The number of pyridine rings is 2. The third-order valence-electron chi connectivity index (χ3n) is 5.94. The summed E-state index contributed by atoms with van der Waals surface area (Å²) in [5.74, 6) is 0.338. The first-order chi connectivity index (χ1) is 14.7. The Labute approximate surface area is 178 Å². The highest BCUT2D eigenvalue weighted by Crippen LogP contribution is 2.31. The second kappa shape index (κ2) is 9.63. The topological polar surface area (TPSA) is 58.1 Å². The number of nitrogens with zero attached hydrogens (tertiary/aromatic N) is 3. The highest BCUT2D eigenvalue weighted by Gasteiger charge is 2.30. The third kappa shape index (κ3) is 4.92. The maximum atomic E-state index is 13.0. The number of nitrogens with one attached hydrogen (secondary N) is 1. The van der Waals surface area contributed by atoms with Crippen LogP contribution in [0.3, 0.4) is 0 Å². The van der Waals surface area contributed by atoms with Crippen LogP contribution in [0.15, 0.2) is 73.2 Å². The summed E-state index contributed by atoms with van der Waals surface area (Å²) in [4.78, 5) is 24.2. The van der Waals surface area contributed by atoms with E-state index >= 15 is 0 Å². The molecule has 0 spiro atoms. The van der Waals surface area contributed by atoms with E-state index in [4.69, 9.17) is 0 Å². The monoisotopic (exact) mass is 400 g/mol. The van der Waals surface area contributed by atoms with Crippen molar-refractivity contribution in [2.75, 3.05) is 13.1 Å². The summed E-state index contributed by atoms with van der Waals surface area (Å²) < 4.78 is 0. The summed E-state index contributed by atoms with van der Waals surface area (Å²) in [7, 11) is 0. The predicted octanol–water partition coefficient (Wildman–Crippen LogP) is 4.17. The van der Waals surface area contributed by atoms with Crippen molar-refractivity contribution >= 4 is 5.91 Å². The minimum Gasteiger partial charge on any atom is -0.343 e. The van der Waals surface area contributed by atoms with E-state index in [1.54, 1.807) is 6.20 Å². The van der Waals surface area contributed by atoms with Gasteiger partial charge in [-0.05, 0) is 80.2 Å². The second-order valence-corrected chi connectivity index (χ2v) is 7.99. The molecule has 0 saturated carbocycles. The van der Waals surface area contributed by atoms with Crippen LogP contribution in [-0.2, 0) is 6.54 Å². The lowest BCUT2D eigenvalue weighted by Crippen LogP contribution is -2.41. The molecule has 2 aromatic heterocycles. The Morgan fingerprint density at radius 1 is 1.03 bits per heavy atom. The highest BCUT2D eigenvalue weighted by molar-refractivity contribution is 5.95. The molecule has 1 N–H and O–H groups in total. The van der Waals surface area contributed by atoms with E-state index in [9.17, 15) is 4.79 Å². The van der Waals surface area contributed by atoms with Gasteiger partial charge in [-0.25, -0.2) is 0 Å². The zero-order valence-electron chi connectivity index (χ0n) is 17.4. The zero-order valence-corrected chi connectivity index (χ0v) is 17.4. The van der Waals surface area contributed by atoms with Gasteiger partial charge in [0.1, 0.15) is 0 Å². The fraction of sp³-hybridized carbons (Fsp3) is 0.320. The van der Waals surface area contributed by atoms with E-state index in [1.807, 2.05) is 61.8 Å². The molecule has 5 heteroatoms. The summed E-state index contributed by atoms with van der Waals surface area (Å²) >= 11 is 0. The van der Waals surface area contributed by atoms with Crippen LogP contribution in [0.25, 0.3) is 0 Å². The first kappa shape index (κ1) is 20.2. The molecule has 30 heavy (non-hydrogen) atoms. The van der Waals surface area contributed by atoms with Crippen LogP contribution in [0.2, 0.25) is 0 Å². The lowest BCUT2D eigenvalue weighted by molar-refractivity contribution is 0.0887. The highest BCUT2D eigenvalue weighted by atomic mass is 16.1. The smallest absolute Gasteiger partial charge is 0.252 e. The number of piperidine rings is 1. The number of amides is 1. The SMILES string of the molecule is Cc1ccccc1C(=O)N[C@@H](c1ccccn1)C1CCN(Cc2ccncc2)CC1. The number of likely N-dealkylation sites (tertiary alicyclic amines) is 1. The molecule has 3 heterocycles. The van der Waals surface area contributed by atoms with Crippen LogP contribution in [0.5, 0.6) is 0 Å². The van der Waals surface area contributed by atoms with Gasteiger partial charge in [-0.2, -0.15) is 0 Å². The zero-order chi connectivity index (χ0) is 20.8. The van der Waals surface area contributed by atoms with Gasteiger partial charge in [0, 0.05) is 30.7 Å². The van der Waals surface area contributed by atoms with Gasteiger partial charge in [0.25, 0.3) is 5.91 Å². The second-order valence-electron chi connectivity index (χ2n) is 7.99. The van der Waals surface area contributed by atoms with Crippen molar-refractivity contribution < 1.29 is 4.79 Å². The van der Waals surface area contributed by atoms with E-state index in [0.717, 1.165) is 49.3 Å². The van der Waals surface area contributed by atoms with Gasteiger partial charge in [0.15, 0.2) is 0 Å². The molecule has 0 aliphatic carbocycles. The summed E-state index contributed by atoms with van der Waals surface area (Å²) in [5.41, 5.74) is 3.94. The van der Waals surface area contributed by atoms with Gasteiger partial charge in [0.2, 0.25) is 0 Å². The van der Waals surface area contributed by atoms with E-state index in [-0.39, 0.29) is 11.9 Å². The van der Waals surface area contributed by atoms with Crippen molar-refractivity contribution in [2.24, 2.45) is 5.92 Å². The molecule has 0 unspecified atom stereocenters. The summed E-state index contributed by atoms with van der Waals surface area (Å²) in [5, 5.41) is 3.30. The van der Waals surface area contributed by atoms with Crippen LogP contribution in [0.4, 0.5) is 0 Å². The number of hydrogen-bond acceptors (Lipinski definition) is 4. The largest absolute Gasteiger partial charge is 0.343 e. The van der Waals surface area contributed by atoms with Crippen molar-refractivity contribution in [1.29, 1.82) is 0 Å². The number of carbonyl (C=O) groups excluding carboxylic acids is 1. The van der Waals surface area contributed by atoms with Crippen LogP contribution < -0.4 is 5.32 Å². The summed E-state index contributed by atoms with van der Waals surface area (Å²) in [6, 6.07) is 17.7. The van der Waals surface area contributed by atoms with Crippen molar-refractivity contribution in [3.8, 4) is 0 Å². The summed E-state index contributed by atoms with van der Waals surface area (Å²) in [6.07, 6.45) is 7.56. The molecule has 154 valence electrons. The Hall–Kier alpha value is -3.05. The first-order valence-corrected chi connectivity index (χ1v) is 10.6. The molecule has 4 rings (SSSR count). The molecular weight excluding hydrogens is 372 g/mol. The van der Waals surface area contributed by atoms with E-state index in [1.165, 1.54) is 5.56 Å². The Balaban J connectivity index is 1.46. The molecule has 5 nitrogen and oxygen atoms in total. The Bertz CT molecular complexity index is 953. The Morgan fingerprint density at radius 3 is 2.47 bits per heavy atom. The molecule has 1 saturated heterocycles. The number of aromatic nitrogens is 2. The van der Waals surface area contributed by atoms with Crippen LogP contribution in [-0.4, -0.2) is 33.9 Å². The van der Waals surface area contributed by atoms with Gasteiger partial charge < -0.3 is 5.32 Å².